The first kappa shape index (κ1) is 20.1. The summed E-state index contributed by atoms with van der Waals surface area (Å²) in [5.41, 5.74) is 3.39. The number of hydrogen-bond acceptors (Lipinski definition) is 3. The van der Waals surface area contributed by atoms with Gasteiger partial charge in [0.1, 0.15) is 0 Å². The van der Waals surface area contributed by atoms with Crippen molar-refractivity contribution in [2.75, 3.05) is 6.54 Å². The van der Waals surface area contributed by atoms with Gasteiger partial charge in [0.05, 0.1) is 5.56 Å². The van der Waals surface area contributed by atoms with Crippen LogP contribution in [0.3, 0.4) is 0 Å². The summed E-state index contributed by atoms with van der Waals surface area (Å²) >= 11 is 0. The van der Waals surface area contributed by atoms with Crippen molar-refractivity contribution in [1.82, 2.24) is 10.3 Å². The fourth-order valence-electron chi connectivity index (χ4n) is 4.52. The van der Waals surface area contributed by atoms with E-state index >= 15 is 0 Å². The average Bonchev–Trinajstić information content (AvgIpc) is 3.24. The number of esters is 1. The van der Waals surface area contributed by atoms with E-state index in [0.29, 0.717) is 18.5 Å². The number of hydrogen-bond donors (Lipinski definition) is 2. The molecule has 2 heterocycles. The van der Waals surface area contributed by atoms with E-state index in [1.807, 2.05) is 54.7 Å². The SMILES string of the molecule is C[C@]1(C(=O)NC[C@@H](c2ccccc2)c2c[nH]c3ccccc23)Cc2ccccc2C(=O)O1. The van der Waals surface area contributed by atoms with Crippen LogP contribution in [0.2, 0.25) is 0 Å². The molecule has 2 atom stereocenters. The summed E-state index contributed by atoms with van der Waals surface area (Å²) in [7, 11) is 0. The molecular formula is C27H24N2O3. The number of carbonyl (C=O) groups is 2. The highest BCUT2D eigenvalue weighted by molar-refractivity contribution is 5.97. The second-order valence-corrected chi connectivity index (χ2v) is 8.42. The van der Waals surface area contributed by atoms with E-state index in [1.54, 1.807) is 19.1 Å². The largest absolute Gasteiger partial charge is 0.445 e. The zero-order valence-corrected chi connectivity index (χ0v) is 17.8. The summed E-state index contributed by atoms with van der Waals surface area (Å²) in [5, 5.41) is 4.19. The number of para-hydroxylation sites is 1. The smallest absolute Gasteiger partial charge is 0.339 e. The minimum absolute atomic E-state index is 0.0496. The topological polar surface area (TPSA) is 71.2 Å². The number of H-pyrrole nitrogens is 1. The molecule has 0 saturated heterocycles. The molecule has 5 nitrogen and oxygen atoms in total. The number of ether oxygens (including phenoxy) is 1. The van der Waals surface area contributed by atoms with Crippen molar-refractivity contribution in [1.29, 1.82) is 0 Å². The van der Waals surface area contributed by atoms with Crippen molar-refractivity contribution in [2.24, 2.45) is 0 Å². The molecular weight excluding hydrogens is 400 g/mol. The highest BCUT2D eigenvalue weighted by Gasteiger charge is 2.42. The number of benzene rings is 3. The lowest BCUT2D eigenvalue weighted by molar-refractivity contribution is -0.139. The van der Waals surface area contributed by atoms with E-state index in [0.717, 1.165) is 27.6 Å². The zero-order chi connectivity index (χ0) is 22.1. The third-order valence-electron chi connectivity index (χ3n) is 6.23. The maximum Gasteiger partial charge on any atom is 0.339 e. The second kappa shape index (κ2) is 8.00. The molecule has 0 bridgehead atoms. The van der Waals surface area contributed by atoms with Gasteiger partial charge >= 0.3 is 5.97 Å². The number of fused-ring (bicyclic) bond motifs is 2. The summed E-state index contributed by atoms with van der Waals surface area (Å²) in [6.07, 6.45) is 2.36. The monoisotopic (exact) mass is 424 g/mol. The Morgan fingerprint density at radius 3 is 2.59 bits per heavy atom. The Kier molecular flexibility index (Phi) is 5.02. The molecule has 4 aromatic rings. The standard InChI is InChI=1S/C27H24N2O3/c1-27(15-19-11-5-6-12-20(19)25(30)32-27)26(31)29-16-22(18-9-3-2-4-10-18)23-17-28-24-14-8-7-13-21(23)24/h2-14,17,22,28H,15-16H2,1H3,(H,29,31)/t22-,27+/m0/s1. The van der Waals surface area contributed by atoms with E-state index in [2.05, 4.69) is 28.5 Å². The fourth-order valence-corrected chi connectivity index (χ4v) is 4.52. The maximum absolute atomic E-state index is 13.2. The quantitative estimate of drug-likeness (QED) is 0.461. The molecule has 0 fully saturated rings. The van der Waals surface area contributed by atoms with Gasteiger partial charge in [-0.05, 0) is 35.7 Å². The highest BCUT2D eigenvalue weighted by atomic mass is 16.6. The van der Waals surface area contributed by atoms with E-state index < -0.39 is 11.6 Å². The molecule has 0 spiro atoms. The number of carbonyl (C=O) groups excluding carboxylic acids is 2. The third kappa shape index (κ3) is 3.56. The lowest BCUT2D eigenvalue weighted by Gasteiger charge is -2.33. The molecule has 5 rings (SSSR count). The Labute approximate surface area is 186 Å². The number of nitrogens with one attached hydrogen (secondary N) is 2. The summed E-state index contributed by atoms with van der Waals surface area (Å²) in [6, 6.07) is 25.5. The fraction of sp³-hybridized carbons (Fsp3) is 0.185. The third-order valence-corrected chi connectivity index (χ3v) is 6.23. The van der Waals surface area contributed by atoms with E-state index in [1.165, 1.54) is 0 Å². The predicted octanol–water partition coefficient (Wildman–Crippen LogP) is 4.59. The Morgan fingerprint density at radius 2 is 1.75 bits per heavy atom. The van der Waals surface area contributed by atoms with Crippen molar-refractivity contribution in [3.8, 4) is 0 Å². The van der Waals surface area contributed by atoms with Crippen LogP contribution in [0.4, 0.5) is 0 Å². The zero-order valence-electron chi connectivity index (χ0n) is 17.8. The van der Waals surface area contributed by atoms with Crippen molar-refractivity contribution in [2.45, 2.75) is 24.9 Å². The van der Waals surface area contributed by atoms with Crippen LogP contribution in [0.25, 0.3) is 10.9 Å². The average molecular weight is 425 g/mol. The van der Waals surface area contributed by atoms with Gasteiger partial charge in [-0.15, -0.1) is 0 Å². The molecule has 1 aliphatic heterocycles. The van der Waals surface area contributed by atoms with Crippen LogP contribution in [0, 0.1) is 0 Å². The minimum atomic E-state index is -1.24. The number of rotatable bonds is 5. The minimum Gasteiger partial charge on any atom is -0.445 e. The molecule has 2 N–H and O–H groups in total. The molecule has 0 radical (unpaired) electrons. The van der Waals surface area contributed by atoms with Crippen LogP contribution in [0.15, 0.2) is 85.1 Å². The van der Waals surface area contributed by atoms with Gasteiger partial charge in [0, 0.05) is 36.0 Å². The summed E-state index contributed by atoms with van der Waals surface area (Å²) < 4.78 is 5.60. The molecule has 0 saturated carbocycles. The van der Waals surface area contributed by atoms with Crippen LogP contribution in [-0.2, 0) is 16.0 Å². The molecule has 5 heteroatoms. The van der Waals surface area contributed by atoms with Crippen molar-refractivity contribution < 1.29 is 14.3 Å². The number of cyclic esters (lactones) is 1. The number of aromatic amines is 1. The van der Waals surface area contributed by atoms with Crippen LogP contribution in [0.1, 0.15) is 39.9 Å². The first-order chi connectivity index (χ1) is 15.5. The molecule has 1 amide bonds. The lowest BCUT2D eigenvalue weighted by atomic mass is 9.88. The van der Waals surface area contributed by atoms with Gasteiger partial charge in [-0.3, -0.25) is 4.79 Å². The van der Waals surface area contributed by atoms with Gasteiger partial charge in [0.2, 0.25) is 0 Å². The Bertz CT molecular complexity index is 1290. The molecule has 32 heavy (non-hydrogen) atoms. The second-order valence-electron chi connectivity index (χ2n) is 8.42. The summed E-state index contributed by atoms with van der Waals surface area (Å²) in [5.74, 6) is -0.798. The van der Waals surface area contributed by atoms with Crippen LogP contribution in [0.5, 0.6) is 0 Å². The van der Waals surface area contributed by atoms with Gasteiger partial charge < -0.3 is 15.0 Å². The molecule has 1 aliphatic rings. The molecule has 0 unspecified atom stereocenters. The van der Waals surface area contributed by atoms with E-state index in [4.69, 9.17) is 4.74 Å². The molecule has 1 aromatic heterocycles. The Hall–Kier alpha value is -3.86. The highest BCUT2D eigenvalue weighted by Crippen LogP contribution is 2.32. The van der Waals surface area contributed by atoms with Gasteiger partial charge in [-0.1, -0.05) is 66.7 Å². The van der Waals surface area contributed by atoms with Crippen molar-refractivity contribution in [3.63, 3.8) is 0 Å². The van der Waals surface area contributed by atoms with Crippen LogP contribution < -0.4 is 5.32 Å². The molecule has 160 valence electrons. The molecule has 0 aliphatic carbocycles. The lowest BCUT2D eigenvalue weighted by Crippen LogP contribution is -2.52. The van der Waals surface area contributed by atoms with E-state index in [-0.39, 0.29) is 11.8 Å². The first-order valence-corrected chi connectivity index (χ1v) is 10.8. The van der Waals surface area contributed by atoms with Gasteiger partial charge in [-0.25, -0.2) is 4.79 Å². The predicted molar refractivity (Wildman–Crippen MR) is 124 cm³/mol. The normalized spacial score (nSPS) is 18.6. The summed E-state index contributed by atoms with van der Waals surface area (Å²) in [6.45, 7) is 2.07. The maximum atomic E-state index is 13.2. The number of amides is 1. The van der Waals surface area contributed by atoms with Gasteiger partial charge in [-0.2, -0.15) is 0 Å². The van der Waals surface area contributed by atoms with Crippen LogP contribution >= 0.6 is 0 Å². The van der Waals surface area contributed by atoms with Crippen molar-refractivity contribution in [3.05, 3.63) is 107 Å². The number of aromatic nitrogens is 1. The van der Waals surface area contributed by atoms with Gasteiger partial charge in [0.15, 0.2) is 5.60 Å². The van der Waals surface area contributed by atoms with E-state index in [9.17, 15) is 9.59 Å². The van der Waals surface area contributed by atoms with Crippen molar-refractivity contribution >= 4 is 22.8 Å². The summed E-state index contributed by atoms with van der Waals surface area (Å²) in [4.78, 5) is 29.1. The Balaban J connectivity index is 1.42. The Morgan fingerprint density at radius 1 is 1.03 bits per heavy atom. The molecule has 3 aromatic carbocycles. The first-order valence-electron chi connectivity index (χ1n) is 10.8. The van der Waals surface area contributed by atoms with Gasteiger partial charge in [0.25, 0.3) is 5.91 Å². The van der Waals surface area contributed by atoms with Crippen LogP contribution in [-0.4, -0.2) is 29.0 Å².